The van der Waals surface area contributed by atoms with Gasteiger partial charge in [0.2, 0.25) is 0 Å². The van der Waals surface area contributed by atoms with E-state index in [0.29, 0.717) is 5.75 Å². The van der Waals surface area contributed by atoms with E-state index < -0.39 is 0 Å². The molecule has 3 nitrogen and oxygen atoms in total. The topological polar surface area (TPSA) is 50.1 Å². The van der Waals surface area contributed by atoms with E-state index in [1.54, 1.807) is 12.1 Å². The smallest absolute Gasteiger partial charge is 0.312 e. The first-order valence-corrected chi connectivity index (χ1v) is 4.93. The van der Waals surface area contributed by atoms with Crippen LogP contribution in [0.2, 0.25) is 0 Å². The lowest BCUT2D eigenvalue weighted by atomic mass is 10.2. The van der Waals surface area contributed by atoms with E-state index in [0.717, 1.165) is 6.42 Å². The second-order valence-corrected chi connectivity index (χ2v) is 3.13. The number of esters is 1. The molecule has 1 rings (SSSR count). The third-order valence-electron chi connectivity index (χ3n) is 2.00. The Labute approximate surface area is 89.3 Å². The fourth-order valence-electron chi connectivity index (χ4n) is 1.13. The number of carbonyl (C=O) groups excluding carboxylic acids is 1. The van der Waals surface area contributed by atoms with Crippen molar-refractivity contribution in [3.8, 4) is 11.8 Å². The van der Waals surface area contributed by atoms with Gasteiger partial charge in [-0.05, 0) is 24.1 Å². The van der Waals surface area contributed by atoms with Crippen LogP contribution in [0.5, 0.6) is 5.75 Å². The zero-order valence-electron chi connectivity index (χ0n) is 8.69. The molecule has 78 valence electrons. The molecule has 0 saturated heterocycles. The minimum absolute atomic E-state index is 0.145. The molecular formula is C12H13NO2. The first-order valence-electron chi connectivity index (χ1n) is 4.93. The van der Waals surface area contributed by atoms with Gasteiger partial charge in [0.1, 0.15) is 5.75 Å². The van der Waals surface area contributed by atoms with Crippen LogP contribution in [0, 0.1) is 11.3 Å². The molecule has 0 heterocycles. The molecule has 1 aromatic carbocycles. The Morgan fingerprint density at radius 3 is 2.60 bits per heavy atom. The van der Waals surface area contributed by atoms with Gasteiger partial charge < -0.3 is 4.74 Å². The standard InChI is InChI=1S/C12H13NO2/c1-2-10-5-7-11(8-6-10)15-12(14)4-3-9-13/h5-8H,2-4H2,1H3. The van der Waals surface area contributed by atoms with E-state index in [2.05, 4.69) is 6.92 Å². The molecule has 0 fully saturated rings. The molecule has 0 radical (unpaired) electrons. The predicted molar refractivity (Wildman–Crippen MR) is 56.3 cm³/mol. The Morgan fingerprint density at radius 2 is 2.07 bits per heavy atom. The lowest BCUT2D eigenvalue weighted by Crippen LogP contribution is -2.06. The maximum Gasteiger partial charge on any atom is 0.312 e. The second kappa shape index (κ2) is 5.82. The maximum atomic E-state index is 11.2. The van der Waals surface area contributed by atoms with Crippen molar-refractivity contribution in [1.82, 2.24) is 0 Å². The Hall–Kier alpha value is -1.82. The van der Waals surface area contributed by atoms with Crippen LogP contribution in [0.3, 0.4) is 0 Å². The Morgan fingerprint density at radius 1 is 1.40 bits per heavy atom. The number of benzene rings is 1. The van der Waals surface area contributed by atoms with E-state index in [1.165, 1.54) is 5.56 Å². The summed E-state index contributed by atoms with van der Waals surface area (Å²) >= 11 is 0. The van der Waals surface area contributed by atoms with Gasteiger partial charge in [0.05, 0.1) is 12.5 Å². The molecule has 0 aromatic heterocycles. The van der Waals surface area contributed by atoms with Gasteiger partial charge in [-0.2, -0.15) is 5.26 Å². The van der Waals surface area contributed by atoms with Crippen LogP contribution in [-0.4, -0.2) is 5.97 Å². The summed E-state index contributed by atoms with van der Waals surface area (Å²) in [7, 11) is 0. The predicted octanol–water partition coefficient (Wildman–Crippen LogP) is 2.46. The Kier molecular flexibility index (Phi) is 4.36. The molecule has 0 spiro atoms. The highest BCUT2D eigenvalue weighted by atomic mass is 16.5. The minimum Gasteiger partial charge on any atom is -0.427 e. The van der Waals surface area contributed by atoms with Gasteiger partial charge in [0, 0.05) is 6.42 Å². The molecule has 15 heavy (non-hydrogen) atoms. The number of carbonyl (C=O) groups is 1. The van der Waals surface area contributed by atoms with Gasteiger partial charge in [-0.1, -0.05) is 19.1 Å². The zero-order chi connectivity index (χ0) is 11.1. The van der Waals surface area contributed by atoms with Crippen LogP contribution in [0.1, 0.15) is 25.3 Å². The average molecular weight is 203 g/mol. The molecule has 1 aromatic rings. The average Bonchev–Trinajstić information content (AvgIpc) is 2.27. The summed E-state index contributed by atoms with van der Waals surface area (Å²) in [6.45, 7) is 2.06. The van der Waals surface area contributed by atoms with Gasteiger partial charge in [0.15, 0.2) is 0 Å². The maximum absolute atomic E-state index is 11.2. The van der Waals surface area contributed by atoms with Crippen molar-refractivity contribution in [2.24, 2.45) is 0 Å². The van der Waals surface area contributed by atoms with Gasteiger partial charge in [0.25, 0.3) is 0 Å². The highest BCUT2D eigenvalue weighted by Crippen LogP contribution is 2.13. The first kappa shape index (κ1) is 11.3. The van der Waals surface area contributed by atoms with Crippen molar-refractivity contribution < 1.29 is 9.53 Å². The summed E-state index contributed by atoms with van der Waals surface area (Å²) in [6, 6.07) is 9.28. The molecule has 0 unspecified atom stereocenters. The second-order valence-electron chi connectivity index (χ2n) is 3.13. The number of hydrogen-bond acceptors (Lipinski definition) is 3. The van der Waals surface area contributed by atoms with Crippen molar-refractivity contribution in [3.63, 3.8) is 0 Å². The number of nitrogens with zero attached hydrogens (tertiary/aromatic N) is 1. The fraction of sp³-hybridized carbons (Fsp3) is 0.333. The van der Waals surface area contributed by atoms with E-state index in [9.17, 15) is 4.79 Å². The quantitative estimate of drug-likeness (QED) is 0.558. The van der Waals surface area contributed by atoms with E-state index in [-0.39, 0.29) is 18.8 Å². The Bertz CT molecular complexity index is 362. The summed E-state index contributed by atoms with van der Waals surface area (Å²) in [4.78, 5) is 11.2. The molecule has 0 N–H and O–H groups in total. The van der Waals surface area contributed by atoms with Crippen molar-refractivity contribution in [1.29, 1.82) is 5.26 Å². The summed E-state index contributed by atoms with van der Waals surface area (Å²) in [5.41, 5.74) is 1.20. The summed E-state index contributed by atoms with van der Waals surface area (Å²) < 4.78 is 5.03. The van der Waals surface area contributed by atoms with Crippen molar-refractivity contribution >= 4 is 5.97 Å². The lowest BCUT2D eigenvalue weighted by Gasteiger charge is -2.03. The number of rotatable bonds is 4. The number of nitriles is 1. The monoisotopic (exact) mass is 203 g/mol. The van der Waals surface area contributed by atoms with Crippen molar-refractivity contribution in [3.05, 3.63) is 29.8 Å². The molecule has 0 aliphatic heterocycles. The molecule has 0 atom stereocenters. The van der Waals surface area contributed by atoms with Gasteiger partial charge in [-0.25, -0.2) is 0 Å². The third kappa shape index (κ3) is 3.82. The highest BCUT2D eigenvalue weighted by molar-refractivity contribution is 5.72. The third-order valence-corrected chi connectivity index (χ3v) is 2.00. The number of aryl methyl sites for hydroxylation is 1. The van der Waals surface area contributed by atoms with Gasteiger partial charge in [-0.3, -0.25) is 4.79 Å². The highest BCUT2D eigenvalue weighted by Gasteiger charge is 2.03. The summed E-state index contributed by atoms with van der Waals surface area (Å²) in [5, 5.41) is 8.29. The molecule has 0 bridgehead atoms. The van der Waals surface area contributed by atoms with Crippen LogP contribution >= 0.6 is 0 Å². The lowest BCUT2D eigenvalue weighted by molar-refractivity contribution is -0.134. The molecule has 0 aliphatic rings. The largest absolute Gasteiger partial charge is 0.427 e. The van der Waals surface area contributed by atoms with Crippen LogP contribution in [0.4, 0.5) is 0 Å². The molecular weight excluding hydrogens is 190 g/mol. The molecule has 0 saturated carbocycles. The fourth-order valence-corrected chi connectivity index (χ4v) is 1.13. The van der Waals surface area contributed by atoms with Gasteiger partial charge in [-0.15, -0.1) is 0 Å². The first-order chi connectivity index (χ1) is 7.26. The van der Waals surface area contributed by atoms with E-state index >= 15 is 0 Å². The van der Waals surface area contributed by atoms with Crippen molar-refractivity contribution in [2.75, 3.05) is 0 Å². The SMILES string of the molecule is CCc1ccc(OC(=O)CCC#N)cc1. The van der Waals surface area contributed by atoms with Crippen LogP contribution in [-0.2, 0) is 11.2 Å². The Balaban J connectivity index is 2.50. The zero-order valence-corrected chi connectivity index (χ0v) is 8.69. The van der Waals surface area contributed by atoms with Crippen LogP contribution in [0.15, 0.2) is 24.3 Å². The molecule has 0 amide bonds. The molecule has 3 heteroatoms. The van der Waals surface area contributed by atoms with Gasteiger partial charge >= 0.3 is 5.97 Å². The minimum atomic E-state index is -0.360. The van der Waals surface area contributed by atoms with Crippen molar-refractivity contribution in [2.45, 2.75) is 26.2 Å². The van der Waals surface area contributed by atoms with Crippen LogP contribution < -0.4 is 4.74 Å². The summed E-state index contributed by atoms with van der Waals surface area (Å²) in [6.07, 6.45) is 1.31. The summed E-state index contributed by atoms with van der Waals surface area (Å²) in [5.74, 6) is 0.177. The molecule has 0 aliphatic carbocycles. The number of hydrogen-bond donors (Lipinski definition) is 0. The van der Waals surface area contributed by atoms with E-state index in [1.807, 2.05) is 18.2 Å². The normalized spacial score (nSPS) is 9.33. The number of ether oxygens (including phenoxy) is 1. The van der Waals surface area contributed by atoms with Crippen LogP contribution in [0.25, 0.3) is 0 Å². The van der Waals surface area contributed by atoms with E-state index in [4.69, 9.17) is 10.00 Å².